The van der Waals surface area contributed by atoms with Crippen molar-refractivity contribution in [1.82, 2.24) is 15.0 Å². The van der Waals surface area contributed by atoms with Crippen LogP contribution in [0.25, 0.3) is 22.2 Å². The fraction of sp³-hybridized carbons (Fsp3) is 0.292. The smallest absolute Gasteiger partial charge is 0.163 e. The number of hydrogen-bond acceptors (Lipinski definition) is 8. The molecule has 1 unspecified atom stereocenters. The van der Waals surface area contributed by atoms with Gasteiger partial charge in [0.15, 0.2) is 11.5 Å². The Balaban J connectivity index is 1.69. The van der Waals surface area contributed by atoms with Crippen molar-refractivity contribution in [2.24, 2.45) is 0 Å². The number of aliphatic hydroxyl groups excluding tert-OH is 1. The van der Waals surface area contributed by atoms with E-state index in [0.717, 1.165) is 34.3 Å². The number of ether oxygens (including phenoxy) is 2. The van der Waals surface area contributed by atoms with Crippen molar-refractivity contribution < 1.29 is 14.6 Å². The molecule has 0 saturated heterocycles. The number of aliphatic hydroxyl groups is 1. The first-order valence-electron chi connectivity index (χ1n) is 10.6. The Morgan fingerprint density at radius 3 is 2.75 bits per heavy atom. The molecule has 2 aromatic carbocycles. The molecule has 7 nitrogen and oxygen atoms in total. The fourth-order valence-corrected chi connectivity index (χ4v) is 3.90. The summed E-state index contributed by atoms with van der Waals surface area (Å²) < 4.78 is 11.9. The van der Waals surface area contributed by atoms with E-state index in [1.807, 2.05) is 55.6 Å². The lowest BCUT2D eigenvalue weighted by molar-refractivity contribution is 0.203. The van der Waals surface area contributed by atoms with Crippen LogP contribution in [0.5, 0.6) is 11.5 Å². The highest BCUT2D eigenvalue weighted by Gasteiger charge is 2.14. The number of benzene rings is 2. The molecule has 8 heteroatoms. The first-order chi connectivity index (χ1) is 15.6. The molecule has 0 fully saturated rings. The topological polar surface area (TPSA) is 89.4 Å². The van der Waals surface area contributed by atoms with Gasteiger partial charge in [-0.2, -0.15) is 0 Å². The van der Waals surface area contributed by atoms with Gasteiger partial charge in [0.25, 0.3) is 0 Å². The molecule has 166 valence electrons. The van der Waals surface area contributed by atoms with Gasteiger partial charge in [0.2, 0.25) is 0 Å². The molecule has 0 bridgehead atoms. The number of hydrogen-bond donors (Lipinski definition) is 2. The van der Waals surface area contributed by atoms with E-state index in [2.05, 4.69) is 27.2 Å². The van der Waals surface area contributed by atoms with Gasteiger partial charge in [0.05, 0.1) is 30.5 Å². The Bertz CT molecular complexity index is 1210. The molecule has 0 aliphatic rings. The van der Waals surface area contributed by atoms with Crippen LogP contribution in [0.1, 0.15) is 32.2 Å². The normalized spacial score (nSPS) is 12.0. The van der Waals surface area contributed by atoms with Gasteiger partial charge in [0, 0.05) is 28.1 Å². The first-order valence-corrected chi connectivity index (χ1v) is 11.5. The lowest BCUT2D eigenvalue weighted by Crippen LogP contribution is -2.11. The van der Waals surface area contributed by atoms with Gasteiger partial charge in [-0.1, -0.05) is 19.1 Å². The molecule has 0 radical (unpaired) electrons. The molecular formula is C24H26N4O3S. The van der Waals surface area contributed by atoms with Gasteiger partial charge >= 0.3 is 0 Å². The van der Waals surface area contributed by atoms with E-state index in [-0.39, 0.29) is 12.7 Å². The SMILES string of the molecule is CCOc1cc2c(Nc3cccc(-c4csc(CO)n4)c3)ncnc2cc1OC(C)CC. The van der Waals surface area contributed by atoms with Crippen LogP contribution in [0.2, 0.25) is 0 Å². The number of thiazole rings is 1. The molecule has 1 atom stereocenters. The van der Waals surface area contributed by atoms with Gasteiger partial charge in [0.1, 0.15) is 17.2 Å². The van der Waals surface area contributed by atoms with E-state index in [0.29, 0.717) is 28.9 Å². The zero-order valence-corrected chi connectivity index (χ0v) is 19.1. The minimum atomic E-state index is -0.0551. The van der Waals surface area contributed by atoms with E-state index in [1.54, 1.807) is 0 Å². The predicted octanol–water partition coefficient (Wildman–Crippen LogP) is 5.57. The molecule has 2 heterocycles. The van der Waals surface area contributed by atoms with E-state index < -0.39 is 0 Å². The van der Waals surface area contributed by atoms with E-state index >= 15 is 0 Å². The third-order valence-electron chi connectivity index (χ3n) is 5.01. The fourth-order valence-electron chi connectivity index (χ4n) is 3.23. The molecular weight excluding hydrogens is 424 g/mol. The standard InChI is InChI=1S/C24H26N4O3S/c1-4-15(3)31-22-11-19-18(10-21(22)30-5-2)24(26-14-25-19)27-17-8-6-7-16(9-17)20-13-32-23(12-29)28-20/h6-11,13-15,29H,4-5,12H2,1-3H3,(H,25,26,27). The summed E-state index contributed by atoms with van der Waals surface area (Å²) in [6, 6.07) is 11.8. The molecule has 0 aliphatic carbocycles. The molecule has 2 N–H and O–H groups in total. The highest BCUT2D eigenvalue weighted by atomic mass is 32.1. The molecule has 4 rings (SSSR count). The largest absolute Gasteiger partial charge is 0.490 e. The third-order valence-corrected chi connectivity index (χ3v) is 5.85. The first kappa shape index (κ1) is 22.0. The van der Waals surface area contributed by atoms with Crippen LogP contribution in [0.3, 0.4) is 0 Å². The van der Waals surface area contributed by atoms with Crippen molar-refractivity contribution in [3.05, 3.63) is 53.1 Å². The number of nitrogens with one attached hydrogen (secondary N) is 1. The van der Waals surface area contributed by atoms with Crippen LogP contribution in [0.4, 0.5) is 11.5 Å². The summed E-state index contributed by atoms with van der Waals surface area (Å²) in [6.07, 6.45) is 2.51. The lowest BCUT2D eigenvalue weighted by Gasteiger charge is -2.17. The van der Waals surface area contributed by atoms with Crippen molar-refractivity contribution in [1.29, 1.82) is 0 Å². The zero-order chi connectivity index (χ0) is 22.5. The van der Waals surface area contributed by atoms with Gasteiger partial charge in [-0.25, -0.2) is 15.0 Å². The van der Waals surface area contributed by atoms with Crippen LogP contribution in [0.15, 0.2) is 48.1 Å². The third kappa shape index (κ3) is 4.81. The average Bonchev–Trinajstić information content (AvgIpc) is 3.30. The average molecular weight is 451 g/mol. The summed E-state index contributed by atoms with van der Waals surface area (Å²) in [5, 5.41) is 16.2. The number of rotatable bonds is 9. The molecule has 4 aromatic rings. The molecule has 0 amide bonds. The minimum Gasteiger partial charge on any atom is -0.490 e. The monoisotopic (exact) mass is 450 g/mol. The number of anilines is 2. The summed E-state index contributed by atoms with van der Waals surface area (Å²) in [5.74, 6) is 2.03. The summed E-state index contributed by atoms with van der Waals surface area (Å²) in [4.78, 5) is 13.4. The molecule has 32 heavy (non-hydrogen) atoms. The number of fused-ring (bicyclic) bond motifs is 1. The highest BCUT2D eigenvalue weighted by molar-refractivity contribution is 7.09. The van der Waals surface area contributed by atoms with Crippen LogP contribution >= 0.6 is 11.3 Å². The van der Waals surface area contributed by atoms with Crippen molar-refractivity contribution in [2.75, 3.05) is 11.9 Å². The maximum Gasteiger partial charge on any atom is 0.163 e. The molecule has 0 saturated carbocycles. The zero-order valence-electron chi connectivity index (χ0n) is 18.3. The second-order valence-corrected chi connectivity index (χ2v) is 8.24. The predicted molar refractivity (Wildman–Crippen MR) is 128 cm³/mol. The summed E-state index contributed by atoms with van der Waals surface area (Å²) >= 11 is 1.44. The Hall–Kier alpha value is -3.23. The van der Waals surface area contributed by atoms with Crippen LogP contribution < -0.4 is 14.8 Å². The molecule has 2 aromatic heterocycles. The molecule has 0 spiro atoms. The van der Waals surface area contributed by atoms with E-state index in [1.165, 1.54) is 17.7 Å². The second-order valence-electron chi connectivity index (χ2n) is 7.30. The highest BCUT2D eigenvalue weighted by Crippen LogP contribution is 2.36. The van der Waals surface area contributed by atoms with Crippen LogP contribution in [-0.4, -0.2) is 32.8 Å². The quantitative estimate of drug-likeness (QED) is 0.345. The summed E-state index contributed by atoms with van der Waals surface area (Å²) in [5.41, 5.74) is 3.44. The van der Waals surface area contributed by atoms with Gasteiger partial charge in [-0.3, -0.25) is 0 Å². The Kier molecular flexibility index (Phi) is 6.82. The van der Waals surface area contributed by atoms with Crippen LogP contribution in [-0.2, 0) is 6.61 Å². The maximum atomic E-state index is 9.29. The Morgan fingerprint density at radius 2 is 2.00 bits per heavy atom. The Morgan fingerprint density at radius 1 is 1.12 bits per heavy atom. The van der Waals surface area contributed by atoms with Crippen molar-refractivity contribution >= 4 is 33.7 Å². The summed E-state index contributed by atoms with van der Waals surface area (Å²) in [6.45, 7) is 6.54. The number of aromatic nitrogens is 3. The van der Waals surface area contributed by atoms with Gasteiger partial charge in [-0.05, 0) is 38.5 Å². The van der Waals surface area contributed by atoms with E-state index in [4.69, 9.17) is 9.47 Å². The van der Waals surface area contributed by atoms with E-state index in [9.17, 15) is 5.11 Å². The van der Waals surface area contributed by atoms with Crippen molar-refractivity contribution in [3.63, 3.8) is 0 Å². The van der Waals surface area contributed by atoms with Crippen molar-refractivity contribution in [2.45, 2.75) is 39.9 Å². The van der Waals surface area contributed by atoms with Gasteiger partial charge in [-0.15, -0.1) is 11.3 Å². The second kappa shape index (κ2) is 9.93. The maximum absolute atomic E-state index is 9.29. The Labute approximate surface area is 191 Å². The summed E-state index contributed by atoms with van der Waals surface area (Å²) in [7, 11) is 0. The van der Waals surface area contributed by atoms with Crippen molar-refractivity contribution in [3.8, 4) is 22.8 Å². The minimum absolute atomic E-state index is 0.0551. The number of nitrogens with zero attached hydrogens (tertiary/aromatic N) is 3. The molecule has 0 aliphatic heterocycles. The van der Waals surface area contributed by atoms with Crippen LogP contribution in [0, 0.1) is 0 Å². The van der Waals surface area contributed by atoms with Gasteiger partial charge < -0.3 is 19.9 Å². The lowest BCUT2D eigenvalue weighted by atomic mass is 10.1.